The van der Waals surface area contributed by atoms with Crippen LogP contribution in [0.25, 0.3) is 17.2 Å². The fourth-order valence-electron chi connectivity index (χ4n) is 5.55. The van der Waals surface area contributed by atoms with E-state index in [-0.39, 0.29) is 11.6 Å². The first kappa shape index (κ1) is 24.8. The lowest BCUT2D eigenvalue weighted by Crippen LogP contribution is -2.16. The lowest BCUT2D eigenvalue weighted by Gasteiger charge is -2.29. The Morgan fingerprint density at radius 3 is 2.21 bits per heavy atom. The number of halogens is 4. The summed E-state index contributed by atoms with van der Waals surface area (Å²) in [6.07, 6.45) is 10.8. The summed E-state index contributed by atoms with van der Waals surface area (Å²) < 4.78 is 56.3. The number of alkyl halides is 3. The molecule has 2 aliphatic carbocycles. The van der Waals surface area contributed by atoms with Gasteiger partial charge in [-0.05, 0) is 66.3 Å². The van der Waals surface area contributed by atoms with E-state index < -0.39 is 6.36 Å². The number of ether oxygens (including phenoxy) is 1. The van der Waals surface area contributed by atoms with E-state index in [1.807, 2.05) is 6.07 Å². The van der Waals surface area contributed by atoms with Crippen molar-refractivity contribution >= 4 is 6.08 Å². The van der Waals surface area contributed by atoms with Crippen molar-refractivity contribution in [2.45, 2.75) is 83.9 Å². The number of fused-ring (bicyclic) bond motifs is 1. The van der Waals surface area contributed by atoms with Gasteiger partial charge in [0.2, 0.25) is 0 Å². The van der Waals surface area contributed by atoms with Crippen LogP contribution in [0.1, 0.15) is 82.3 Å². The number of hydrogen-bond donors (Lipinski definition) is 0. The Labute approximate surface area is 200 Å². The summed E-state index contributed by atoms with van der Waals surface area (Å²) in [6.45, 7) is 2.27. The summed E-state index contributed by atoms with van der Waals surface area (Å²) in [5.41, 5.74) is 3.99. The Morgan fingerprint density at radius 1 is 0.882 bits per heavy atom. The minimum Gasteiger partial charge on any atom is -0.406 e. The summed E-state index contributed by atoms with van der Waals surface area (Å²) in [5, 5.41) is 0. The molecule has 5 heteroatoms. The molecule has 0 unspecified atom stereocenters. The number of benzene rings is 2. The van der Waals surface area contributed by atoms with Gasteiger partial charge in [0.05, 0.1) is 0 Å². The molecule has 0 bridgehead atoms. The van der Waals surface area contributed by atoms with Crippen LogP contribution in [0.4, 0.5) is 17.6 Å². The molecule has 0 radical (unpaired) electrons. The molecule has 0 aromatic heterocycles. The van der Waals surface area contributed by atoms with E-state index in [1.165, 1.54) is 81.2 Å². The maximum absolute atomic E-state index is 15.3. The second-order valence-electron chi connectivity index (χ2n) is 9.94. The van der Waals surface area contributed by atoms with Gasteiger partial charge in [-0.15, -0.1) is 13.2 Å². The third-order valence-corrected chi connectivity index (χ3v) is 7.54. The van der Waals surface area contributed by atoms with Crippen LogP contribution in [0.15, 0.2) is 42.0 Å². The number of allylic oxidation sites excluding steroid dienone is 1. The third kappa shape index (κ3) is 6.43. The maximum atomic E-state index is 15.3. The van der Waals surface area contributed by atoms with Gasteiger partial charge in [-0.1, -0.05) is 87.8 Å². The Bertz CT molecular complexity index is 982. The fraction of sp³-hybridized carbons (Fsp3) is 0.517. The van der Waals surface area contributed by atoms with Gasteiger partial charge in [-0.2, -0.15) is 0 Å². The van der Waals surface area contributed by atoms with E-state index in [0.29, 0.717) is 23.1 Å². The highest BCUT2D eigenvalue weighted by Crippen LogP contribution is 2.38. The molecule has 0 saturated heterocycles. The van der Waals surface area contributed by atoms with Gasteiger partial charge in [0, 0.05) is 5.56 Å². The Hall–Kier alpha value is -2.30. The van der Waals surface area contributed by atoms with Crippen LogP contribution in [0, 0.1) is 17.7 Å². The Kier molecular flexibility index (Phi) is 8.00. The van der Waals surface area contributed by atoms with Crippen molar-refractivity contribution in [1.29, 1.82) is 0 Å². The maximum Gasteiger partial charge on any atom is 0.573 e. The first-order valence-electron chi connectivity index (χ1n) is 12.7. The van der Waals surface area contributed by atoms with Gasteiger partial charge in [0.1, 0.15) is 11.6 Å². The van der Waals surface area contributed by atoms with Crippen LogP contribution >= 0.6 is 0 Å². The summed E-state index contributed by atoms with van der Waals surface area (Å²) in [5.74, 6) is 1.17. The van der Waals surface area contributed by atoms with E-state index in [1.54, 1.807) is 6.07 Å². The third-order valence-electron chi connectivity index (χ3n) is 7.54. The molecule has 2 aromatic carbocycles. The molecule has 1 fully saturated rings. The predicted molar refractivity (Wildman–Crippen MR) is 129 cm³/mol. The van der Waals surface area contributed by atoms with E-state index in [9.17, 15) is 13.2 Å². The van der Waals surface area contributed by atoms with Gasteiger partial charge >= 0.3 is 6.36 Å². The molecular weight excluding hydrogens is 440 g/mol. The highest BCUT2D eigenvalue weighted by molar-refractivity contribution is 5.71. The fourth-order valence-corrected chi connectivity index (χ4v) is 5.55. The van der Waals surface area contributed by atoms with Crippen LogP contribution in [0.5, 0.6) is 5.75 Å². The van der Waals surface area contributed by atoms with E-state index in [2.05, 4.69) is 17.7 Å². The van der Waals surface area contributed by atoms with Crippen LogP contribution in [-0.2, 0) is 6.42 Å². The van der Waals surface area contributed by atoms with E-state index in [4.69, 9.17) is 0 Å². The van der Waals surface area contributed by atoms with Crippen molar-refractivity contribution in [3.05, 3.63) is 58.9 Å². The molecule has 1 saturated carbocycles. The molecule has 0 amide bonds. The van der Waals surface area contributed by atoms with Crippen molar-refractivity contribution in [2.24, 2.45) is 11.8 Å². The molecule has 0 spiro atoms. The minimum atomic E-state index is -4.74. The Morgan fingerprint density at radius 2 is 1.56 bits per heavy atom. The first-order valence-corrected chi connectivity index (χ1v) is 12.7. The average molecular weight is 475 g/mol. The zero-order chi connectivity index (χ0) is 24.1. The quantitative estimate of drug-likeness (QED) is 0.346. The van der Waals surface area contributed by atoms with Crippen LogP contribution < -0.4 is 4.74 Å². The van der Waals surface area contributed by atoms with E-state index in [0.717, 1.165) is 30.2 Å². The molecular formula is C29H34F4O. The van der Waals surface area contributed by atoms with Crippen LogP contribution in [-0.4, -0.2) is 6.36 Å². The van der Waals surface area contributed by atoms with Gasteiger partial charge in [-0.3, -0.25) is 0 Å². The summed E-state index contributed by atoms with van der Waals surface area (Å²) in [7, 11) is 0. The van der Waals surface area contributed by atoms with Crippen molar-refractivity contribution in [1.82, 2.24) is 0 Å². The van der Waals surface area contributed by atoms with Crippen molar-refractivity contribution in [2.75, 3.05) is 0 Å². The second-order valence-corrected chi connectivity index (χ2v) is 9.94. The molecule has 0 heterocycles. The first-order chi connectivity index (χ1) is 16.3. The van der Waals surface area contributed by atoms with Crippen LogP contribution in [0.3, 0.4) is 0 Å². The zero-order valence-corrected chi connectivity index (χ0v) is 19.9. The summed E-state index contributed by atoms with van der Waals surface area (Å²) >= 11 is 0. The standard InChI is InChI=1S/C29H34F4O/c1-2-3-4-20-5-7-21(8-6-20)9-10-22-11-17-27-24(19-22)14-18-26(28(27)30)23-12-15-25(16-13-23)34-29(31,32)33/h12-16,18-21H,2-11,17H2,1H3. The van der Waals surface area contributed by atoms with Gasteiger partial charge in [0.25, 0.3) is 0 Å². The lowest BCUT2D eigenvalue weighted by molar-refractivity contribution is -0.274. The molecule has 1 nitrogen and oxygen atoms in total. The normalized spacial score (nSPS) is 20.6. The topological polar surface area (TPSA) is 9.23 Å². The lowest BCUT2D eigenvalue weighted by atomic mass is 9.77. The van der Waals surface area contributed by atoms with Gasteiger partial charge < -0.3 is 4.74 Å². The molecule has 34 heavy (non-hydrogen) atoms. The summed E-state index contributed by atoms with van der Waals surface area (Å²) in [4.78, 5) is 0. The monoisotopic (exact) mass is 474 g/mol. The highest BCUT2D eigenvalue weighted by Gasteiger charge is 2.31. The molecule has 0 aliphatic heterocycles. The molecule has 0 atom stereocenters. The van der Waals surface area contributed by atoms with Crippen molar-refractivity contribution in [3.63, 3.8) is 0 Å². The molecule has 184 valence electrons. The summed E-state index contributed by atoms with van der Waals surface area (Å²) in [6, 6.07) is 9.03. The van der Waals surface area contributed by atoms with Crippen molar-refractivity contribution < 1.29 is 22.3 Å². The van der Waals surface area contributed by atoms with Crippen LogP contribution in [0.2, 0.25) is 0 Å². The second kappa shape index (κ2) is 11.0. The number of unbranched alkanes of at least 4 members (excludes halogenated alkanes) is 1. The number of rotatable bonds is 8. The average Bonchev–Trinajstić information content (AvgIpc) is 2.82. The smallest absolute Gasteiger partial charge is 0.406 e. The van der Waals surface area contributed by atoms with Crippen molar-refractivity contribution in [3.8, 4) is 16.9 Å². The molecule has 0 N–H and O–H groups in total. The molecule has 4 rings (SSSR count). The van der Waals surface area contributed by atoms with E-state index >= 15 is 4.39 Å². The highest BCUT2D eigenvalue weighted by atomic mass is 19.4. The molecule has 2 aromatic rings. The van der Waals surface area contributed by atoms with Gasteiger partial charge in [0.15, 0.2) is 0 Å². The minimum absolute atomic E-state index is 0.275. The predicted octanol–water partition coefficient (Wildman–Crippen LogP) is 9.50. The van der Waals surface area contributed by atoms with Gasteiger partial charge in [-0.25, -0.2) is 4.39 Å². The Balaban J connectivity index is 1.37. The largest absolute Gasteiger partial charge is 0.573 e. The zero-order valence-electron chi connectivity index (χ0n) is 19.9. The molecule has 2 aliphatic rings. The SMILES string of the molecule is CCCCC1CCC(CCC2=Cc3ccc(-c4ccc(OC(F)(F)F)cc4)c(F)c3CC2)CC1. The number of hydrogen-bond acceptors (Lipinski definition) is 1.